The van der Waals surface area contributed by atoms with Crippen LogP contribution in [0.4, 0.5) is 0 Å². The van der Waals surface area contributed by atoms with Gasteiger partial charge < -0.3 is 20.2 Å². The lowest BCUT2D eigenvalue weighted by Gasteiger charge is -2.14. The molecule has 0 saturated carbocycles. The third-order valence-electron chi connectivity index (χ3n) is 8.04. The predicted molar refractivity (Wildman–Crippen MR) is 188 cm³/mol. The summed E-state index contributed by atoms with van der Waals surface area (Å²) in [5.41, 5.74) is 3.10. The number of rotatable bonds is 10. The van der Waals surface area contributed by atoms with Gasteiger partial charge in [-0.25, -0.2) is 0 Å². The average molecular weight is 687 g/mol. The number of carbonyl (C=O) groups is 2. The molecule has 3 heterocycles. The number of hydrogen-bond donors (Lipinski definition) is 3. The van der Waals surface area contributed by atoms with Gasteiger partial charge in [0.05, 0.1) is 31.5 Å². The summed E-state index contributed by atoms with van der Waals surface area (Å²) in [5, 5.41) is 17.1. The Hall–Kier alpha value is -4.36. The number of carbonyl (C=O) groups excluding carboxylic acids is 2. The average Bonchev–Trinajstić information content (AvgIpc) is 3.60. The van der Waals surface area contributed by atoms with Gasteiger partial charge in [-0.15, -0.1) is 21.5 Å². The SMILES string of the molecule is COc1ccc2c(c1)C(c1ccc(Cl)cc1)=N[C@@H](CC(=O)NCC(=O)NCCc1cc3cc([Si](C)(C)O)ccc3s1)c1nnc(C)n1-2. The fourth-order valence-electron chi connectivity index (χ4n) is 5.59. The number of aryl methyl sites for hydroxylation is 1. The van der Waals surface area contributed by atoms with Crippen LogP contribution in [0.1, 0.15) is 40.1 Å². The van der Waals surface area contributed by atoms with E-state index in [-0.39, 0.29) is 24.8 Å². The second-order valence-corrected chi connectivity index (χ2v) is 17.2. The lowest BCUT2D eigenvalue weighted by molar-refractivity contribution is -0.126. The third kappa shape index (κ3) is 7.15. The molecule has 0 fully saturated rings. The highest BCUT2D eigenvalue weighted by atomic mass is 35.5. The molecule has 0 unspecified atom stereocenters. The molecule has 47 heavy (non-hydrogen) atoms. The van der Waals surface area contributed by atoms with Gasteiger partial charge in [0, 0.05) is 32.3 Å². The van der Waals surface area contributed by atoms with Gasteiger partial charge in [0.15, 0.2) is 5.82 Å². The van der Waals surface area contributed by atoms with E-state index in [1.807, 2.05) is 67.0 Å². The highest BCUT2D eigenvalue weighted by Crippen LogP contribution is 2.34. The monoisotopic (exact) mass is 686 g/mol. The van der Waals surface area contributed by atoms with Crippen LogP contribution < -0.4 is 20.6 Å². The van der Waals surface area contributed by atoms with Crippen LogP contribution in [0.2, 0.25) is 18.1 Å². The summed E-state index contributed by atoms with van der Waals surface area (Å²) in [6.07, 6.45) is 0.629. The molecule has 0 saturated heterocycles. The number of benzene rings is 3. The molecular weight excluding hydrogens is 652 g/mol. The van der Waals surface area contributed by atoms with Crippen LogP contribution in [-0.2, 0) is 16.0 Å². The second kappa shape index (κ2) is 13.4. The van der Waals surface area contributed by atoms with Crippen LogP contribution in [-0.4, -0.2) is 65.6 Å². The Morgan fingerprint density at radius 3 is 2.55 bits per heavy atom. The Kier molecular flexibility index (Phi) is 9.29. The van der Waals surface area contributed by atoms with Crippen molar-refractivity contribution < 1.29 is 19.1 Å². The van der Waals surface area contributed by atoms with Crippen LogP contribution in [0.25, 0.3) is 15.8 Å². The van der Waals surface area contributed by atoms with E-state index in [1.54, 1.807) is 30.6 Å². The summed E-state index contributed by atoms with van der Waals surface area (Å²) in [4.78, 5) is 42.6. The number of hydrogen-bond acceptors (Lipinski definition) is 8. The van der Waals surface area contributed by atoms with Crippen molar-refractivity contribution in [3.63, 3.8) is 0 Å². The first-order chi connectivity index (χ1) is 22.5. The van der Waals surface area contributed by atoms with E-state index in [4.69, 9.17) is 21.3 Å². The molecular formula is C34H35ClN6O4SSi. The van der Waals surface area contributed by atoms with Gasteiger partial charge >= 0.3 is 0 Å². The number of halogens is 1. The molecule has 0 radical (unpaired) electrons. The maximum atomic E-state index is 13.2. The van der Waals surface area contributed by atoms with E-state index < -0.39 is 14.4 Å². The summed E-state index contributed by atoms with van der Waals surface area (Å²) in [6.45, 7) is 5.95. The van der Waals surface area contributed by atoms with Crippen molar-refractivity contribution in [2.24, 2.45) is 4.99 Å². The number of thiophene rings is 1. The molecule has 13 heteroatoms. The van der Waals surface area contributed by atoms with Gasteiger partial charge in [-0.2, -0.15) is 0 Å². The van der Waals surface area contributed by atoms with Crippen molar-refractivity contribution in [2.75, 3.05) is 20.2 Å². The fourth-order valence-corrected chi connectivity index (χ4v) is 7.76. The number of fused-ring (bicyclic) bond motifs is 4. The molecule has 242 valence electrons. The zero-order valence-corrected chi connectivity index (χ0v) is 29.1. The molecule has 0 spiro atoms. The maximum Gasteiger partial charge on any atom is 0.239 e. The molecule has 1 atom stereocenters. The van der Waals surface area contributed by atoms with Crippen LogP contribution in [0, 0.1) is 6.92 Å². The van der Waals surface area contributed by atoms with Crippen molar-refractivity contribution in [3.05, 3.63) is 99.4 Å². The molecule has 5 aromatic rings. The van der Waals surface area contributed by atoms with E-state index in [0.29, 0.717) is 41.1 Å². The van der Waals surface area contributed by atoms with E-state index in [9.17, 15) is 14.4 Å². The van der Waals surface area contributed by atoms with Gasteiger partial charge in [-0.3, -0.25) is 19.1 Å². The zero-order chi connectivity index (χ0) is 33.3. The van der Waals surface area contributed by atoms with Crippen molar-refractivity contribution in [1.29, 1.82) is 0 Å². The highest BCUT2D eigenvalue weighted by molar-refractivity contribution is 7.19. The van der Waals surface area contributed by atoms with Gasteiger partial charge in [-0.1, -0.05) is 35.9 Å². The molecule has 0 bridgehead atoms. The first-order valence-electron chi connectivity index (χ1n) is 15.2. The summed E-state index contributed by atoms with van der Waals surface area (Å²) in [7, 11) is -0.776. The zero-order valence-electron chi connectivity index (χ0n) is 26.5. The van der Waals surface area contributed by atoms with Crippen molar-refractivity contribution in [2.45, 2.75) is 38.9 Å². The first-order valence-corrected chi connectivity index (χ1v) is 19.4. The molecule has 10 nitrogen and oxygen atoms in total. The maximum absolute atomic E-state index is 13.2. The smallest absolute Gasteiger partial charge is 0.239 e. The van der Waals surface area contributed by atoms with Gasteiger partial charge in [0.25, 0.3) is 0 Å². The quantitative estimate of drug-likeness (QED) is 0.184. The van der Waals surface area contributed by atoms with Crippen molar-refractivity contribution in [1.82, 2.24) is 25.4 Å². The molecule has 2 aromatic heterocycles. The number of aliphatic imine (C=N–C) groups is 1. The Labute approximate surface area is 282 Å². The normalized spacial score (nSPS) is 14.2. The van der Waals surface area contributed by atoms with Crippen molar-refractivity contribution in [3.8, 4) is 11.4 Å². The van der Waals surface area contributed by atoms with E-state index in [1.165, 1.54) is 0 Å². The minimum atomic E-state index is -2.38. The topological polar surface area (TPSA) is 131 Å². The number of nitrogens with one attached hydrogen (secondary N) is 2. The Morgan fingerprint density at radius 2 is 1.81 bits per heavy atom. The lowest BCUT2D eigenvalue weighted by atomic mass is 10.00. The Balaban J connectivity index is 1.13. The van der Waals surface area contributed by atoms with Crippen molar-refractivity contribution >= 4 is 64.1 Å². The highest BCUT2D eigenvalue weighted by Gasteiger charge is 2.30. The second-order valence-electron chi connectivity index (χ2n) is 11.9. The first kappa shape index (κ1) is 32.6. The molecule has 1 aliphatic rings. The number of ether oxygens (including phenoxy) is 1. The molecule has 3 aromatic carbocycles. The van der Waals surface area contributed by atoms with Gasteiger partial charge in [-0.05, 0) is 79.5 Å². The van der Waals surface area contributed by atoms with Crippen LogP contribution in [0.15, 0.2) is 71.7 Å². The van der Waals surface area contributed by atoms with E-state index in [2.05, 4.69) is 33.0 Å². The van der Waals surface area contributed by atoms with E-state index >= 15 is 0 Å². The minimum Gasteiger partial charge on any atom is -0.497 e. The molecule has 1 aliphatic heterocycles. The summed E-state index contributed by atoms with van der Waals surface area (Å²) >= 11 is 7.86. The molecule has 0 aliphatic carbocycles. The summed E-state index contributed by atoms with van der Waals surface area (Å²) < 4.78 is 8.58. The summed E-state index contributed by atoms with van der Waals surface area (Å²) in [6, 6.07) is 20.6. The fraction of sp³-hybridized carbons (Fsp3) is 0.265. The number of amides is 2. The van der Waals surface area contributed by atoms with E-state index in [0.717, 1.165) is 37.0 Å². The number of nitrogens with zero attached hydrogens (tertiary/aromatic N) is 4. The molecule has 6 rings (SSSR count). The number of methoxy groups -OCH3 is 1. The Morgan fingerprint density at radius 1 is 1.02 bits per heavy atom. The standard InChI is InChI=1S/C34H35ClN6O4SSi/c1-20-39-40-34-28(38-33(21-5-7-23(35)8-6-21)27-17-24(45-2)9-11-29(27)41(20)34)18-31(42)37-19-32(43)36-14-13-25-15-22-16-26(47(3,4)44)10-12-30(22)46-25/h5-12,15-17,28,44H,13-14,18-19H2,1-4H3,(H,36,43)(H,37,42)/t28-/m0/s1. The van der Waals surface area contributed by atoms with Gasteiger partial charge in [0.2, 0.25) is 20.1 Å². The molecule has 2 amide bonds. The van der Waals surface area contributed by atoms with Gasteiger partial charge in [0.1, 0.15) is 17.6 Å². The lowest BCUT2D eigenvalue weighted by Crippen LogP contribution is -2.41. The molecule has 3 N–H and O–H groups in total. The number of aromatic nitrogens is 3. The van der Waals surface area contributed by atoms with Crippen LogP contribution >= 0.6 is 22.9 Å². The Bertz CT molecular complexity index is 2000. The largest absolute Gasteiger partial charge is 0.497 e. The minimum absolute atomic E-state index is 0.0368. The third-order valence-corrected chi connectivity index (χ3v) is 11.2. The summed E-state index contributed by atoms with van der Waals surface area (Å²) in [5.74, 6) is 1.23. The van der Waals surface area contributed by atoms with Crippen LogP contribution in [0.5, 0.6) is 5.75 Å². The predicted octanol–water partition coefficient (Wildman–Crippen LogP) is 4.61. The van der Waals surface area contributed by atoms with Crippen LogP contribution in [0.3, 0.4) is 0 Å².